The van der Waals surface area contributed by atoms with Gasteiger partial charge >= 0.3 is 6.18 Å². The smallest absolute Gasteiger partial charge is 0.344 e. The first-order chi connectivity index (χ1) is 12.4. The third-order valence-corrected chi connectivity index (χ3v) is 5.68. The van der Waals surface area contributed by atoms with Crippen molar-refractivity contribution < 1.29 is 18.0 Å². The van der Waals surface area contributed by atoms with Crippen LogP contribution < -0.4 is 5.32 Å². The van der Waals surface area contributed by atoms with Crippen molar-refractivity contribution in [3.63, 3.8) is 0 Å². The Bertz CT molecular complexity index is 1070. The van der Waals surface area contributed by atoms with Crippen LogP contribution in [-0.4, -0.2) is 21.5 Å². The molecular weight excluding hydrogens is 383 g/mol. The van der Waals surface area contributed by atoms with Gasteiger partial charge in [-0.1, -0.05) is 30.3 Å². The molecule has 0 radical (unpaired) electrons. The molecule has 0 bridgehead atoms. The van der Waals surface area contributed by atoms with Gasteiger partial charge in [0.2, 0.25) is 0 Å². The van der Waals surface area contributed by atoms with Gasteiger partial charge < -0.3 is 5.32 Å². The molecule has 26 heavy (non-hydrogen) atoms. The summed E-state index contributed by atoms with van der Waals surface area (Å²) in [7, 11) is 0. The van der Waals surface area contributed by atoms with Gasteiger partial charge in [0.25, 0.3) is 5.91 Å². The predicted octanol–water partition coefficient (Wildman–Crippen LogP) is 5.03. The minimum Gasteiger partial charge on any atom is -0.344 e. The van der Waals surface area contributed by atoms with Gasteiger partial charge in [-0.05, 0) is 11.6 Å². The van der Waals surface area contributed by atoms with Crippen LogP contribution in [0.5, 0.6) is 0 Å². The first-order valence-electron chi connectivity index (χ1n) is 7.68. The van der Waals surface area contributed by atoms with Crippen LogP contribution in [0, 0.1) is 0 Å². The zero-order valence-electron chi connectivity index (χ0n) is 13.2. The molecule has 3 aromatic heterocycles. The molecule has 1 aromatic carbocycles. The number of imidazole rings is 1. The van der Waals surface area contributed by atoms with E-state index in [0.717, 1.165) is 10.5 Å². The van der Waals surface area contributed by atoms with E-state index in [0.29, 0.717) is 15.3 Å². The number of hydrogen-bond donors (Lipinski definition) is 1. The number of halogens is 3. The number of thiazole rings is 1. The van der Waals surface area contributed by atoms with Crippen molar-refractivity contribution in [2.24, 2.45) is 0 Å². The third-order valence-electron chi connectivity index (χ3n) is 3.91. The monoisotopic (exact) mass is 395 g/mol. The minimum atomic E-state index is -4.39. The maximum absolute atomic E-state index is 12.9. The van der Waals surface area contributed by atoms with Crippen molar-refractivity contribution in [1.82, 2.24) is 14.7 Å². The molecule has 0 aliphatic heterocycles. The number of nitrogens with zero attached hydrogens (tertiary/aromatic N) is 2. The fourth-order valence-corrected chi connectivity index (χ4v) is 4.46. The van der Waals surface area contributed by atoms with E-state index in [9.17, 15) is 18.0 Å². The fourth-order valence-electron chi connectivity index (χ4n) is 2.76. The van der Waals surface area contributed by atoms with E-state index < -0.39 is 24.5 Å². The van der Waals surface area contributed by atoms with Crippen molar-refractivity contribution in [1.29, 1.82) is 0 Å². The molecule has 0 spiro atoms. The largest absolute Gasteiger partial charge is 0.391 e. The molecule has 9 heteroatoms. The second-order valence-electron chi connectivity index (χ2n) is 5.72. The van der Waals surface area contributed by atoms with E-state index in [1.54, 1.807) is 36.4 Å². The molecule has 0 unspecified atom stereocenters. The molecule has 0 aliphatic carbocycles. The first kappa shape index (κ1) is 17.0. The first-order valence-corrected chi connectivity index (χ1v) is 9.38. The van der Waals surface area contributed by atoms with Gasteiger partial charge in [-0.3, -0.25) is 9.20 Å². The number of alkyl halides is 3. The molecule has 134 valence electrons. The van der Waals surface area contributed by atoms with Crippen LogP contribution in [0.15, 0.2) is 48.0 Å². The van der Waals surface area contributed by atoms with Crippen molar-refractivity contribution in [2.75, 3.05) is 0 Å². The Morgan fingerprint density at radius 3 is 2.77 bits per heavy atom. The van der Waals surface area contributed by atoms with Crippen LogP contribution in [0.4, 0.5) is 13.2 Å². The van der Waals surface area contributed by atoms with Gasteiger partial charge in [0.05, 0.1) is 22.9 Å². The van der Waals surface area contributed by atoms with Gasteiger partial charge in [-0.15, -0.1) is 22.7 Å². The van der Waals surface area contributed by atoms with Crippen LogP contribution in [-0.2, 0) is 0 Å². The number of carbonyl (C=O) groups is 1. The predicted molar refractivity (Wildman–Crippen MR) is 95.8 cm³/mol. The van der Waals surface area contributed by atoms with E-state index in [-0.39, 0.29) is 0 Å². The summed E-state index contributed by atoms with van der Waals surface area (Å²) in [5, 5.41) is 4.40. The summed E-state index contributed by atoms with van der Waals surface area (Å²) in [6.07, 6.45) is -3.66. The summed E-state index contributed by atoms with van der Waals surface area (Å²) in [4.78, 5) is 18.8. The summed E-state index contributed by atoms with van der Waals surface area (Å²) >= 11 is 2.65. The van der Waals surface area contributed by atoms with Gasteiger partial charge in [0.1, 0.15) is 4.83 Å². The van der Waals surface area contributed by atoms with E-state index >= 15 is 0 Å². The average Bonchev–Trinajstić information content (AvgIpc) is 3.25. The lowest BCUT2D eigenvalue weighted by atomic mass is 10.0. The Hall–Kier alpha value is -2.39. The Morgan fingerprint density at radius 1 is 1.27 bits per heavy atom. The summed E-state index contributed by atoms with van der Waals surface area (Å²) in [6, 6.07) is 8.70. The molecular formula is C17H12F3N3OS2. The fraction of sp³-hybridized carbons (Fsp3) is 0.176. The van der Waals surface area contributed by atoms with Crippen LogP contribution >= 0.6 is 22.7 Å². The maximum atomic E-state index is 12.9. The number of carbonyl (C=O) groups excluding carboxylic acids is 1. The number of aromatic nitrogens is 2. The second kappa shape index (κ2) is 6.40. The minimum absolute atomic E-state index is 0.339. The summed E-state index contributed by atoms with van der Waals surface area (Å²) < 4.78 is 40.7. The van der Waals surface area contributed by atoms with Gasteiger partial charge in [-0.25, -0.2) is 4.98 Å². The number of amides is 1. The molecule has 0 saturated heterocycles. The van der Waals surface area contributed by atoms with Gasteiger partial charge in [0, 0.05) is 11.6 Å². The molecule has 4 rings (SSSR count). The van der Waals surface area contributed by atoms with Crippen LogP contribution in [0.25, 0.3) is 15.3 Å². The Balaban J connectivity index is 1.62. The maximum Gasteiger partial charge on any atom is 0.391 e. The lowest BCUT2D eigenvalue weighted by Gasteiger charge is -2.20. The molecule has 0 aliphatic rings. The molecule has 1 amide bonds. The van der Waals surface area contributed by atoms with Crippen LogP contribution in [0.1, 0.15) is 27.7 Å². The lowest BCUT2D eigenvalue weighted by Crippen LogP contribution is -2.31. The quantitative estimate of drug-likeness (QED) is 0.527. The number of hydrogen-bond acceptors (Lipinski definition) is 4. The Morgan fingerprint density at radius 2 is 2.04 bits per heavy atom. The van der Waals surface area contributed by atoms with Gasteiger partial charge in [-0.2, -0.15) is 13.2 Å². The Kier molecular flexibility index (Phi) is 4.20. The molecule has 0 saturated carbocycles. The van der Waals surface area contributed by atoms with E-state index in [1.165, 1.54) is 22.7 Å². The molecule has 0 fully saturated rings. The summed E-state index contributed by atoms with van der Waals surface area (Å²) in [5.41, 5.74) is 1.20. The normalized spacial score (nSPS) is 13.3. The highest BCUT2D eigenvalue weighted by Gasteiger charge is 2.33. The molecule has 1 atom stereocenters. The van der Waals surface area contributed by atoms with Crippen LogP contribution in [0.2, 0.25) is 0 Å². The summed E-state index contributed by atoms with van der Waals surface area (Å²) in [6.45, 7) is 0. The third kappa shape index (κ3) is 3.32. The summed E-state index contributed by atoms with van der Waals surface area (Å²) in [5.74, 6) is -0.532. The number of rotatable bonds is 4. The highest BCUT2D eigenvalue weighted by Crippen LogP contribution is 2.31. The van der Waals surface area contributed by atoms with E-state index in [1.807, 2.05) is 16.0 Å². The molecule has 4 aromatic rings. The molecule has 1 N–H and O–H groups in total. The topological polar surface area (TPSA) is 46.4 Å². The Labute approximate surface area is 153 Å². The van der Waals surface area contributed by atoms with Crippen molar-refractivity contribution in [2.45, 2.75) is 18.6 Å². The average molecular weight is 395 g/mol. The van der Waals surface area contributed by atoms with E-state index in [4.69, 9.17) is 0 Å². The highest BCUT2D eigenvalue weighted by atomic mass is 32.1. The van der Waals surface area contributed by atoms with Gasteiger partial charge in [0.15, 0.2) is 4.96 Å². The lowest BCUT2D eigenvalue weighted by molar-refractivity contribution is -0.139. The number of thiophene rings is 1. The SMILES string of the molecule is O=C(N[C@@H](CC(F)(F)F)c1ccccc1)c1cc2c(nc3sccn32)s1. The molecule has 4 nitrogen and oxygen atoms in total. The van der Waals surface area contributed by atoms with Crippen molar-refractivity contribution >= 4 is 43.9 Å². The highest BCUT2D eigenvalue weighted by molar-refractivity contribution is 7.21. The van der Waals surface area contributed by atoms with Crippen LogP contribution in [0.3, 0.4) is 0 Å². The zero-order chi connectivity index (χ0) is 18.3. The van der Waals surface area contributed by atoms with Crippen molar-refractivity contribution in [3.8, 4) is 0 Å². The zero-order valence-corrected chi connectivity index (χ0v) is 14.8. The number of benzene rings is 1. The van der Waals surface area contributed by atoms with E-state index in [2.05, 4.69) is 10.3 Å². The number of fused-ring (bicyclic) bond motifs is 3. The number of nitrogens with one attached hydrogen (secondary N) is 1. The standard InChI is InChI=1S/C17H12F3N3OS2/c18-17(19,20)9-11(10-4-2-1-3-5-10)21-14(24)13-8-12-15(26-13)22-16-23(12)6-7-25-16/h1-8,11H,9H2,(H,21,24)/t11-/m0/s1. The molecule has 3 heterocycles. The van der Waals surface area contributed by atoms with Crippen molar-refractivity contribution in [3.05, 3.63) is 58.4 Å². The second-order valence-corrected chi connectivity index (χ2v) is 7.63.